The summed E-state index contributed by atoms with van der Waals surface area (Å²) in [5.74, 6) is -0.335. The van der Waals surface area contributed by atoms with Gasteiger partial charge in [0.1, 0.15) is 5.82 Å². The summed E-state index contributed by atoms with van der Waals surface area (Å²) in [4.78, 5) is 2.22. The third kappa shape index (κ3) is 4.54. The first-order chi connectivity index (χ1) is 10.6. The highest BCUT2D eigenvalue weighted by Gasteiger charge is 2.39. The highest BCUT2D eigenvalue weighted by Crippen LogP contribution is 2.25. The van der Waals surface area contributed by atoms with Crippen molar-refractivity contribution in [3.8, 4) is 0 Å². The highest BCUT2D eigenvalue weighted by atomic mass is 19.1. The van der Waals surface area contributed by atoms with E-state index in [0.717, 1.165) is 25.9 Å². The number of hydrogen-bond acceptors (Lipinski definition) is 4. The van der Waals surface area contributed by atoms with E-state index in [4.69, 9.17) is 4.65 Å². The maximum atomic E-state index is 14.3. The van der Waals surface area contributed by atoms with Gasteiger partial charge >= 0.3 is 7.12 Å². The van der Waals surface area contributed by atoms with Gasteiger partial charge in [-0.15, -0.1) is 0 Å². The first-order valence-corrected chi connectivity index (χ1v) is 8.19. The summed E-state index contributed by atoms with van der Waals surface area (Å²) < 4.78 is 19.8. The van der Waals surface area contributed by atoms with Crippen molar-refractivity contribution in [2.24, 2.45) is 0 Å². The predicted molar refractivity (Wildman–Crippen MR) is 90.0 cm³/mol. The Morgan fingerprint density at radius 1 is 1.22 bits per heavy atom. The highest BCUT2D eigenvalue weighted by molar-refractivity contribution is 6.60. The zero-order valence-corrected chi connectivity index (χ0v) is 14.5. The molecule has 0 atom stereocenters. The van der Waals surface area contributed by atoms with Gasteiger partial charge in [-0.1, -0.05) is 12.1 Å². The van der Waals surface area contributed by atoms with Crippen LogP contribution < -0.4 is 5.46 Å². The Morgan fingerprint density at radius 2 is 1.83 bits per heavy atom. The molecule has 0 aromatic heterocycles. The molecule has 4 nitrogen and oxygen atoms in total. The summed E-state index contributed by atoms with van der Waals surface area (Å²) in [7, 11) is -1.29. The second kappa shape index (κ2) is 6.89. The number of aliphatic hydroxyl groups is 1. The summed E-state index contributed by atoms with van der Waals surface area (Å²) >= 11 is 0. The van der Waals surface area contributed by atoms with Gasteiger partial charge in [-0.2, -0.15) is 0 Å². The molecule has 1 fully saturated rings. The van der Waals surface area contributed by atoms with Crippen LogP contribution in [-0.4, -0.2) is 46.4 Å². The second-order valence-electron chi connectivity index (χ2n) is 7.37. The maximum absolute atomic E-state index is 14.3. The molecule has 128 valence electrons. The fourth-order valence-electron chi connectivity index (χ4n) is 2.52. The van der Waals surface area contributed by atoms with E-state index in [1.165, 1.54) is 6.07 Å². The molecule has 0 spiro atoms. The van der Waals surface area contributed by atoms with Gasteiger partial charge in [-0.3, -0.25) is 4.90 Å². The molecule has 0 unspecified atom stereocenters. The van der Waals surface area contributed by atoms with Crippen LogP contribution in [0.1, 0.15) is 46.1 Å². The first-order valence-electron chi connectivity index (χ1n) is 8.19. The lowest BCUT2D eigenvalue weighted by Crippen LogP contribution is -2.53. The molecule has 0 bridgehead atoms. The topological polar surface area (TPSA) is 52.9 Å². The van der Waals surface area contributed by atoms with Gasteiger partial charge in [0.15, 0.2) is 0 Å². The Kier molecular flexibility index (Phi) is 5.51. The van der Waals surface area contributed by atoms with Gasteiger partial charge in [-0.05, 0) is 65.2 Å². The molecule has 0 amide bonds. The van der Waals surface area contributed by atoms with Crippen LogP contribution in [0.4, 0.5) is 4.39 Å². The van der Waals surface area contributed by atoms with Crippen molar-refractivity contribution < 1.29 is 19.2 Å². The SMILES string of the molecule is CC(C)(O)C(C)(C)OB(O)c1ccc(CN2CCCC2)c(F)c1. The van der Waals surface area contributed by atoms with Crippen molar-refractivity contribution in [1.29, 1.82) is 0 Å². The first kappa shape index (κ1) is 18.4. The molecule has 0 saturated carbocycles. The molecule has 2 N–H and O–H groups in total. The van der Waals surface area contributed by atoms with Gasteiger partial charge in [0.25, 0.3) is 0 Å². The van der Waals surface area contributed by atoms with Crippen LogP contribution in [0.15, 0.2) is 18.2 Å². The van der Waals surface area contributed by atoms with Crippen LogP contribution in [0.5, 0.6) is 0 Å². The van der Waals surface area contributed by atoms with E-state index in [-0.39, 0.29) is 5.82 Å². The van der Waals surface area contributed by atoms with Crippen LogP contribution in [0.25, 0.3) is 0 Å². The molecule has 6 heteroatoms. The van der Waals surface area contributed by atoms with Crippen molar-refractivity contribution in [2.75, 3.05) is 13.1 Å². The van der Waals surface area contributed by atoms with Gasteiger partial charge in [0, 0.05) is 12.1 Å². The van der Waals surface area contributed by atoms with Crippen molar-refractivity contribution in [3.63, 3.8) is 0 Å². The summed E-state index contributed by atoms with van der Waals surface area (Å²) in [6.45, 7) is 9.21. The summed E-state index contributed by atoms with van der Waals surface area (Å²) in [6, 6.07) is 4.70. The average molecular weight is 323 g/mol. The Morgan fingerprint density at radius 3 is 2.35 bits per heavy atom. The number of benzene rings is 1. The molecule has 0 radical (unpaired) electrons. The van der Waals surface area contributed by atoms with Gasteiger partial charge in [-0.25, -0.2) is 4.39 Å². The van der Waals surface area contributed by atoms with Crippen LogP contribution in [-0.2, 0) is 11.2 Å². The van der Waals surface area contributed by atoms with Crippen molar-refractivity contribution in [1.82, 2.24) is 4.90 Å². The molecule has 0 aliphatic carbocycles. The molecular formula is C17H27BFNO3. The van der Waals surface area contributed by atoms with Gasteiger partial charge < -0.3 is 14.8 Å². The minimum atomic E-state index is -1.29. The predicted octanol–water partition coefficient (Wildman–Crippen LogP) is 1.68. The van der Waals surface area contributed by atoms with E-state index in [2.05, 4.69) is 4.90 Å². The number of halogens is 1. The fourth-order valence-corrected chi connectivity index (χ4v) is 2.52. The summed E-state index contributed by atoms with van der Waals surface area (Å²) in [6.07, 6.45) is 2.33. The Balaban J connectivity index is 2.07. The molecule has 23 heavy (non-hydrogen) atoms. The summed E-state index contributed by atoms with van der Waals surface area (Å²) in [5, 5.41) is 20.3. The molecule has 1 aromatic rings. The number of likely N-dealkylation sites (tertiary alicyclic amines) is 1. The second-order valence-corrected chi connectivity index (χ2v) is 7.37. The zero-order chi connectivity index (χ0) is 17.3. The molecule has 1 saturated heterocycles. The van der Waals surface area contributed by atoms with E-state index in [1.54, 1.807) is 39.8 Å². The molecule has 1 heterocycles. The lowest BCUT2D eigenvalue weighted by Gasteiger charge is -2.38. The van der Waals surface area contributed by atoms with Crippen molar-refractivity contribution >= 4 is 12.6 Å². The standard InChI is InChI=1S/C17H27BFNO3/c1-16(2,21)17(3,4)23-18(22)14-8-7-13(15(19)11-14)12-20-9-5-6-10-20/h7-8,11,21-22H,5-6,9-10,12H2,1-4H3. The van der Waals surface area contributed by atoms with E-state index in [9.17, 15) is 14.5 Å². The van der Waals surface area contributed by atoms with Gasteiger partial charge in [0.2, 0.25) is 0 Å². The molecule has 1 aromatic carbocycles. The lowest BCUT2D eigenvalue weighted by atomic mass is 9.76. The van der Waals surface area contributed by atoms with Crippen LogP contribution in [0, 0.1) is 5.82 Å². The minimum absolute atomic E-state index is 0.335. The van der Waals surface area contributed by atoms with Crippen molar-refractivity contribution in [3.05, 3.63) is 29.6 Å². The Labute approximate surface area is 138 Å². The number of rotatable bonds is 6. The minimum Gasteiger partial charge on any atom is -0.423 e. The van der Waals surface area contributed by atoms with Crippen LogP contribution >= 0.6 is 0 Å². The lowest BCUT2D eigenvalue weighted by molar-refractivity contribution is -0.0982. The van der Waals surface area contributed by atoms with E-state index in [0.29, 0.717) is 17.6 Å². The zero-order valence-electron chi connectivity index (χ0n) is 14.5. The largest absolute Gasteiger partial charge is 0.491 e. The average Bonchev–Trinajstić information content (AvgIpc) is 2.92. The number of hydrogen-bond donors (Lipinski definition) is 2. The third-order valence-corrected chi connectivity index (χ3v) is 4.83. The van der Waals surface area contributed by atoms with Crippen LogP contribution in [0.3, 0.4) is 0 Å². The van der Waals surface area contributed by atoms with Crippen molar-refractivity contribution in [2.45, 2.75) is 58.3 Å². The smallest absolute Gasteiger partial charge is 0.423 e. The van der Waals surface area contributed by atoms with E-state index >= 15 is 0 Å². The Hall–Kier alpha value is -0.945. The monoisotopic (exact) mass is 323 g/mol. The molecule has 1 aliphatic rings. The quantitative estimate of drug-likeness (QED) is 0.782. The molecule has 1 aliphatic heterocycles. The van der Waals surface area contributed by atoms with Gasteiger partial charge in [0.05, 0.1) is 11.2 Å². The normalized spacial score (nSPS) is 16.8. The molecular weight excluding hydrogens is 296 g/mol. The fraction of sp³-hybridized carbons (Fsp3) is 0.647. The van der Waals surface area contributed by atoms with Crippen LogP contribution in [0.2, 0.25) is 0 Å². The Bertz CT molecular complexity index is 539. The third-order valence-electron chi connectivity index (χ3n) is 4.83. The summed E-state index contributed by atoms with van der Waals surface area (Å²) in [5.41, 5.74) is -1.13. The van der Waals surface area contributed by atoms with E-state index in [1.807, 2.05) is 0 Å². The van der Waals surface area contributed by atoms with E-state index < -0.39 is 18.3 Å². The maximum Gasteiger partial charge on any atom is 0.491 e. The molecule has 2 rings (SSSR count). The number of nitrogens with zero attached hydrogens (tertiary/aromatic N) is 1.